The number of nitrogens with one attached hydrogen (secondary N) is 2. The van der Waals surface area contributed by atoms with Crippen LogP contribution >= 0.6 is 0 Å². The SMILES string of the molecule is CCc1ccc(-c2ccc(C(=O)N[C@H](CN(O)C(=O)NCCN(C)C)[C@@H](C)O)cc2)cc1. The third kappa shape index (κ3) is 7.64. The molecule has 0 heterocycles. The normalized spacial score (nSPS) is 12.8. The van der Waals surface area contributed by atoms with Crippen LogP contribution in [0.3, 0.4) is 0 Å². The van der Waals surface area contributed by atoms with Crippen molar-refractivity contribution in [3.8, 4) is 11.1 Å². The number of benzene rings is 2. The number of rotatable bonds is 10. The Balaban J connectivity index is 1.97. The van der Waals surface area contributed by atoms with E-state index in [2.05, 4.69) is 41.8 Å². The summed E-state index contributed by atoms with van der Waals surface area (Å²) in [5, 5.41) is 25.8. The molecular formula is C24H34N4O4. The third-order valence-corrected chi connectivity index (χ3v) is 5.18. The Morgan fingerprint density at radius 3 is 2.06 bits per heavy atom. The minimum Gasteiger partial charge on any atom is -0.391 e. The zero-order chi connectivity index (χ0) is 23.7. The average Bonchev–Trinajstić information content (AvgIpc) is 2.78. The highest BCUT2D eigenvalue weighted by molar-refractivity contribution is 5.95. The van der Waals surface area contributed by atoms with Crippen molar-refractivity contribution in [2.24, 2.45) is 0 Å². The summed E-state index contributed by atoms with van der Waals surface area (Å²) in [5.41, 5.74) is 3.74. The molecule has 0 saturated carbocycles. The van der Waals surface area contributed by atoms with Crippen molar-refractivity contribution >= 4 is 11.9 Å². The number of aliphatic hydroxyl groups excluding tert-OH is 1. The first kappa shape index (κ1) is 25.3. The molecule has 0 unspecified atom stereocenters. The second-order valence-corrected chi connectivity index (χ2v) is 8.07. The van der Waals surface area contributed by atoms with Gasteiger partial charge >= 0.3 is 6.03 Å². The van der Waals surface area contributed by atoms with E-state index in [0.29, 0.717) is 23.7 Å². The van der Waals surface area contributed by atoms with Crippen molar-refractivity contribution in [1.82, 2.24) is 20.6 Å². The topological polar surface area (TPSA) is 105 Å². The molecule has 8 heteroatoms. The van der Waals surface area contributed by atoms with Crippen molar-refractivity contribution in [2.45, 2.75) is 32.4 Å². The summed E-state index contributed by atoms with van der Waals surface area (Å²) >= 11 is 0. The van der Waals surface area contributed by atoms with Crippen molar-refractivity contribution < 1.29 is 19.9 Å². The van der Waals surface area contributed by atoms with Gasteiger partial charge in [0.05, 0.1) is 18.7 Å². The zero-order valence-electron chi connectivity index (χ0n) is 19.2. The van der Waals surface area contributed by atoms with Gasteiger partial charge in [0.2, 0.25) is 0 Å². The largest absolute Gasteiger partial charge is 0.391 e. The van der Waals surface area contributed by atoms with E-state index in [1.807, 2.05) is 31.1 Å². The van der Waals surface area contributed by atoms with Gasteiger partial charge in [-0.1, -0.05) is 43.3 Å². The number of aryl methyl sites for hydroxylation is 1. The number of hydrogen-bond acceptors (Lipinski definition) is 5. The van der Waals surface area contributed by atoms with E-state index in [-0.39, 0.29) is 6.54 Å². The summed E-state index contributed by atoms with van der Waals surface area (Å²) in [7, 11) is 3.74. The van der Waals surface area contributed by atoms with Crippen molar-refractivity contribution in [3.63, 3.8) is 0 Å². The molecule has 0 spiro atoms. The predicted octanol–water partition coefficient (Wildman–Crippen LogP) is 2.36. The van der Waals surface area contributed by atoms with Crippen LogP contribution in [0.15, 0.2) is 48.5 Å². The lowest BCUT2D eigenvalue weighted by Gasteiger charge is -2.26. The molecule has 0 fully saturated rings. The molecule has 0 aliphatic rings. The van der Waals surface area contributed by atoms with Crippen LogP contribution in [0.25, 0.3) is 11.1 Å². The van der Waals surface area contributed by atoms with Gasteiger partial charge in [-0.15, -0.1) is 0 Å². The molecule has 2 atom stereocenters. The first-order chi connectivity index (χ1) is 15.2. The number of nitrogens with zero attached hydrogens (tertiary/aromatic N) is 2. The van der Waals surface area contributed by atoms with Crippen LogP contribution in [0.5, 0.6) is 0 Å². The number of aliphatic hydroxyl groups is 1. The number of hydroxylamine groups is 2. The summed E-state index contributed by atoms with van der Waals surface area (Å²) in [6.45, 7) is 4.33. The smallest absolute Gasteiger partial charge is 0.341 e. The molecule has 32 heavy (non-hydrogen) atoms. The van der Waals surface area contributed by atoms with Crippen molar-refractivity contribution in [3.05, 3.63) is 59.7 Å². The van der Waals surface area contributed by atoms with Gasteiger partial charge in [0.15, 0.2) is 0 Å². The first-order valence-corrected chi connectivity index (χ1v) is 10.8. The standard InChI is InChI=1S/C24H34N4O4/c1-5-18-6-8-19(9-7-18)20-10-12-21(13-11-20)23(30)26-22(17(2)29)16-28(32)24(31)25-14-15-27(3)4/h6-13,17,22,29,32H,5,14-16H2,1-4H3,(H,25,31)(H,26,30)/t17-,22-/m1/s1. The molecule has 8 nitrogen and oxygen atoms in total. The minimum atomic E-state index is -0.973. The van der Waals surface area contributed by atoms with Crippen molar-refractivity contribution in [1.29, 1.82) is 0 Å². The molecular weight excluding hydrogens is 408 g/mol. The Labute approximate surface area is 189 Å². The van der Waals surface area contributed by atoms with Gasteiger partial charge in [0.1, 0.15) is 0 Å². The summed E-state index contributed by atoms with van der Waals surface area (Å²) in [4.78, 5) is 26.6. The molecule has 0 aliphatic heterocycles. The molecule has 174 valence electrons. The fraction of sp³-hybridized carbons (Fsp3) is 0.417. The second kappa shape index (κ2) is 12.2. The first-order valence-electron chi connectivity index (χ1n) is 10.8. The summed E-state index contributed by atoms with van der Waals surface area (Å²) in [5.74, 6) is -0.398. The maximum absolute atomic E-state index is 12.7. The molecule has 0 aromatic heterocycles. The van der Waals surface area contributed by atoms with Gasteiger partial charge in [-0.25, -0.2) is 9.86 Å². The summed E-state index contributed by atoms with van der Waals surface area (Å²) in [6, 6.07) is 13.9. The van der Waals surface area contributed by atoms with Gasteiger partial charge in [-0.3, -0.25) is 10.0 Å². The Morgan fingerprint density at radius 1 is 1.00 bits per heavy atom. The van der Waals surface area contributed by atoms with Crippen molar-refractivity contribution in [2.75, 3.05) is 33.7 Å². The lowest BCUT2D eigenvalue weighted by atomic mass is 10.0. The van der Waals surface area contributed by atoms with Crippen LogP contribution in [0.1, 0.15) is 29.8 Å². The molecule has 2 aromatic rings. The zero-order valence-corrected chi connectivity index (χ0v) is 19.2. The molecule has 2 aromatic carbocycles. The molecule has 0 bridgehead atoms. The van der Waals surface area contributed by atoms with Gasteiger partial charge in [0.25, 0.3) is 5.91 Å². The molecule has 0 radical (unpaired) electrons. The van der Waals surface area contributed by atoms with Crippen LogP contribution in [-0.4, -0.2) is 78.1 Å². The number of amides is 3. The average molecular weight is 443 g/mol. The molecule has 3 amide bonds. The van der Waals surface area contributed by atoms with Crippen LogP contribution in [0, 0.1) is 0 Å². The van der Waals surface area contributed by atoms with E-state index in [4.69, 9.17) is 0 Å². The van der Waals surface area contributed by atoms with E-state index in [1.54, 1.807) is 12.1 Å². The number of likely N-dealkylation sites (N-methyl/N-ethyl adjacent to an activating group) is 1. The van der Waals surface area contributed by atoms with Gasteiger partial charge < -0.3 is 20.6 Å². The highest BCUT2D eigenvalue weighted by Gasteiger charge is 2.23. The van der Waals surface area contributed by atoms with Crippen LogP contribution < -0.4 is 10.6 Å². The van der Waals surface area contributed by atoms with Gasteiger partial charge in [-0.05, 0) is 56.3 Å². The maximum Gasteiger partial charge on any atom is 0.341 e. The number of carbonyl (C=O) groups is 2. The van der Waals surface area contributed by atoms with Gasteiger partial charge in [0, 0.05) is 18.7 Å². The predicted molar refractivity (Wildman–Crippen MR) is 125 cm³/mol. The quantitative estimate of drug-likeness (QED) is 0.334. The van der Waals surface area contributed by atoms with Crippen LogP contribution in [-0.2, 0) is 6.42 Å². The fourth-order valence-electron chi connectivity index (χ4n) is 3.06. The Bertz CT molecular complexity index is 867. The van der Waals surface area contributed by atoms with E-state index in [0.717, 1.165) is 17.5 Å². The summed E-state index contributed by atoms with van der Waals surface area (Å²) in [6.07, 6.45) is 0.00636. The van der Waals surface area contributed by atoms with E-state index >= 15 is 0 Å². The van der Waals surface area contributed by atoms with E-state index in [1.165, 1.54) is 12.5 Å². The lowest BCUT2D eigenvalue weighted by molar-refractivity contribution is -0.0578. The summed E-state index contributed by atoms with van der Waals surface area (Å²) < 4.78 is 0. The molecule has 4 N–H and O–H groups in total. The van der Waals surface area contributed by atoms with Gasteiger partial charge in [-0.2, -0.15) is 0 Å². The Kier molecular flexibility index (Phi) is 9.64. The molecule has 0 aliphatic carbocycles. The number of urea groups is 1. The molecule has 0 saturated heterocycles. The monoisotopic (exact) mass is 442 g/mol. The second-order valence-electron chi connectivity index (χ2n) is 8.07. The van der Waals surface area contributed by atoms with Crippen LogP contribution in [0.4, 0.5) is 4.79 Å². The number of hydrogen-bond donors (Lipinski definition) is 4. The Hall–Kier alpha value is -2.94. The highest BCUT2D eigenvalue weighted by atomic mass is 16.5. The lowest BCUT2D eigenvalue weighted by Crippen LogP contribution is -2.52. The van der Waals surface area contributed by atoms with E-state index < -0.39 is 24.1 Å². The van der Waals surface area contributed by atoms with E-state index in [9.17, 15) is 19.9 Å². The Morgan fingerprint density at radius 2 is 1.56 bits per heavy atom. The van der Waals surface area contributed by atoms with Crippen LogP contribution in [0.2, 0.25) is 0 Å². The third-order valence-electron chi connectivity index (χ3n) is 5.18. The maximum atomic E-state index is 12.7. The fourth-order valence-corrected chi connectivity index (χ4v) is 3.06. The minimum absolute atomic E-state index is 0.251. The highest BCUT2D eigenvalue weighted by Crippen LogP contribution is 2.20. The molecule has 2 rings (SSSR count). The number of carbonyl (C=O) groups excluding carboxylic acids is 2.